The average molecular weight is 321 g/mol. The number of aromatic nitrogens is 1. The van der Waals surface area contributed by atoms with E-state index in [1.807, 2.05) is 12.1 Å². The van der Waals surface area contributed by atoms with Gasteiger partial charge in [-0.2, -0.15) is 0 Å². The molecule has 0 saturated heterocycles. The highest BCUT2D eigenvalue weighted by molar-refractivity contribution is 9.10. The fourth-order valence-corrected chi connectivity index (χ4v) is 2.46. The third-order valence-corrected chi connectivity index (χ3v) is 3.40. The first-order chi connectivity index (χ1) is 9.15. The second-order valence-corrected chi connectivity index (χ2v) is 5.29. The second-order valence-electron chi connectivity index (χ2n) is 4.38. The molecule has 0 spiro atoms. The molecule has 1 N–H and O–H groups in total. The number of anilines is 2. The maximum atomic E-state index is 9.50. The minimum Gasteiger partial charge on any atom is -0.392 e. The molecule has 1 aromatic carbocycles. The van der Waals surface area contributed by atoms with E-state index in [9.17, 15) is 5.11 Å². The van der Waals surface area contributed by atoms with Crippen LogP contribution in [0.1, 0.15) is 18.1 Å². The molecular formula is C15H17BrN2O. The Morgan fingerprint density at radius 1 is 1.32 bits per heavy atom. The van der Waals surface area contributed by atoms with Crippen LogP contribution >= 0.6 is 15.9 Å². The molecule has 4 heteroatoms. The molecule has 0 radical (unpaired) electrons. The first-order valence-corrected chi connectivity index (χ1v) is 7.04. The number of aliphatic hydroxyl groups is 1. The molecule has 1 aromatic heterocycles. The van der Waals surface area contributed by atoms with E-state index >= 15 is 0 Å². The Hall–Kier alpha value is -1.39. The van der Waals surface area contributed by atoms with Crippen molar-refractivity contribution < 1.29 is 5.11 Å². The van der Waals surface area contributed by atoms with E-state index in [1.54, 1.807) is 6.20 Å². The van der Waals surface area contributed by atoms with Crippen molar-refractivity contribution in [2.75, 3.05) is 11.4 Å². The van der Waals surface area contributed by atoms with Gasteiger partial charge < -0.3 is 10.0 Å². The van der Waals surface area contributed by atoms with Crippen LogP contribution in [0.4, 0.5) is 11.5 Å². The molecule has 0 fully saturated rings. The fraction of sp³-hybridized carbons (Fsp3) is 0.267. The SMILES string of the molecule is CCN(c1cccc(C)c1)c1ncc(Br)cc1CO. The summed E-state index contributed by atoms with van der Waals surface area (Å²) in [4.78, 5) is 6.55. The third kappa shape index (κ3) is 3.14. The Bertz CT molecular complexity index is 572. The number of hydrogen-bond acceptors (Lipinski definition) is 3. The number of benzene rings is 1. The van der Waals surface area contributed by atoms with Crippen molar-refractivity contribution in [3.63, 3.8) is 0 Å². The van der Waals surface area contributed by atoms with Crippen molar-refractivity contribution in [1.29, 1.82) is 0 Å². The molecule has 0 aliphatic rings. The molecule has 100 valence electrons. The molecular weight excluding hydrogens is 304 g/mol. The van der Waals surface area contributed by atoms with Crippen LogP contribution in [0.5, 0.6) is 0 Å². The van der Waals surface area contributed by atoms with Crippen LogP contribution in [-0.2, 0) is 6.61 Å². The molecule has 0 aliphatic carbocycles. The number of pyridine rings is 1. The summed E-state index contributed by atoms with van der Waals surface area (Å²) in [7, 11) is 0. The summed E-state index contributed by atoms with van der Waals surface area (Å²) in [6.07, 6.45) is 1.76. The lowest BCUT2D eigenvalue weighted by Crippen LogP contribution is -2.19. The van der Waals surface area contributed by atoms with Gasteiger partial charge in [-0.3, -0.25) is 0 Å². The van der Waals surface area contributed by atoms with Gasteiger partial charge in [0.15, 0.2) is 0 Å². The molecule has 0 amide bonds. The van der Waals surface area contributed by atoms with Crippen LogP contribution in [0.15, 0.2) is 41.0 Å². The molecule has 2 rings (SSSR count). The van der Waals surface area contributed by atoms with Crippen LogP contribution in [0.3, 0.4) is 0 Å². The lowest BCUT2D eigenvalue weighted by Gasteiger charge is -2.24. The van der Waals surface area contributed by atoms with Crippen molar-refractivity contribution in [1.82, 2.24) is 4.98 Å². The number of hydrogen-bond donors (Lipinski definition) is 1. The largest absolute Gasteiger partial charge is 0.392 e. The van der Waals surface area contributed by atoms with E-state index in [1.165, 1.54) is 5.56 Å². The molecule has 1 heterocycles. The molecule has 2 aromatic rings. The predicted octanol–water partition coefficient (Wildman–Crippen LogP) is 3.80. The van der Waals surface area contributed by atoms with Gasteiger partial charge in [0, 0.05) is 28.5 Å². The lowest BCUT2D eigenvalue weighted by molar-refractivity contribution is 0.281. The summed E-state index contributed by atoms with van der Waals surface area (Å²) < 4.78 is 0.876. The van der Waals surface area contributed by atoms with Crippen molar-refractivity contribution in [2.24, 2.45) is 0 Å². The van der Waals surface area contributed by atoms with Gasteiger partial charge in [-0.1, -0.05) is 12.1 Å². The molecule has 0 aliphatic heterocycles. The zero-order valence-corrected chi connectivity index (χ0v) is 12.7. The second kappa shape index (κ2) is 6.17. The number of rotatable bonds is 4. The summed E-state index contributed by atoms with van der Waals surface area (Å²) >= 11 is 3.38. The smallest absolute Gasteiger partial charge is 0.138 e. The van der Waals surface area contributed by atoms with Crippen molar-refractivity contribution >= 4 is 27.4 Å². The summed E-state index contributed by atoms with van der Waals surface area (Å²) in [5.74, 6) is 0.804. The highest BCUT2D eigenvalue weighted by atomic mass is 79.9. The van der Waals surface area contributed by atoms with E-state index in [4.69, 9.17) is 0 Å². The topological polar surface area (TPSA) is 36.4 Å². The van der Waals surface area contributed by atoms with Crippen LogP contribution in [-0.4, -0.2) is 16.6 Å². The van der Waals surface area contributed by atoms with Gasteiger partial charge in [-0.25, -0.2) is 4.98 Å². The van der Waals surface area contributed by atoms with Gasteiger partial charge >= 0.3 is 0 Å². The van der Waals surface area contributed by atoms with Gasteiger partial charge in [0.2, 0.25) is 0 Å². The Labute approximate surface area is 122 Å². The first-order valence-electron chi connectivity index (χ1n) is 6.25. The molecule has 3 nitrogen and oxygen atoms in total. The zero-order chi connectivity index (χ0) is 13.8. The highest BCUT2D eigenvalue weighted by Crippen LogP contribution is 2.28. The van der Waals surface area contributed by atoms with Crippen LogP contribution in [0.25, 0.3) is 0 Å². The monoisotopic (exact) mass is 320 g/mol. The van der Waals surface area contributed by atoms with E-state index in [-0.39, 0.29) is 6.61 Å². The minimum absolute atomic E-state index is 0.0237. The Morgan fingerprint density at radius 3 is 2.74 bits per heavy atom. The fourth-order valence-electron chi connectivity index (χ4n) is 2.08. The normalized spacial score (nSPS) is 10.5. The number of halogens is 1. The van der Waals surface area contributed by atoms with Crippen LogP contribution in [0, 0.1) is 6.92 Å². The van der Waals surface area contributed by atoms with E-state index < -0.39 is 0 Å². The van der Waals surface area contributed by atoms with Gasteiger partial charge in [-0.15, -0.1) is 0 Å². The van der Waals surface area contributed by atoms with Gasteiger partial charge in [0.25, 0.3) is 0 Å². The lowest BCUT2D eigenvalue weighted by atomic mass is 10.2. The van der Waals surface area contributed by atoms with Gasteiger partial charge in [0.1, 0.15) is 5.82 Å². The van der Waals surface area contributed by atoms with E-state index in [0.29, 0.717) is 0 Å². The predicted molar refractivity (Wildman–Crippen MR) is 81.7 cm³/mol. The number of aliphatic hydroxyl groups excluding tert-OH is 1. The Kier molecular flexibility index (Phi) is 4.56. The maximum Gasteiger partial charge on any atom is 0.138 e. The minimum atomic E-state index is -0.0237. The Morgan fingerprint density at radius 2 is 2.11 bits per heavy atom. The quantitative estimate of drug-likeness (QED) is 0.930. The van der Waals surface area contributed by atoms with Crippen LogP contribution in [0.2, 0.25) is 0 Å². The number of aryl methyl sites for hydroxylation is 1. The maximum absolute atomic E-state index is 9.50. The number of nitrogens with zero attached hydrogens (tertiary/aromatic N) is 2. The van der Waals surface area contributed by atoms with Crippen molar-refractivity contribution in [2.45, 2.75) is 20.5 Å². The van der Waals surface area contributed by atoms with Crippen molar-refractivity contribution in [3.05, 3.63) is 52.1 Å². The summed E-state index contributed by atoms with van der Waals surface area (Å²) in [5, 5.41) is 9.50. The molecule has 0 saturated carbocycles. The summed E-state index contributed by atoms with van der Waals surface area (Å²) in [5.41, 5.74) is 3.11. The van der Waals surface area contributed by atoms with Gasteiger partial charge in [-0.05, 0) is 53.5 Å². The molecule has 0 bridgehead atoms. The standard InChI is InChI=1S/C15H17BrN2O/c1-3-18(14-6-4-5-11(2)7-14)15-12(10-19)8-13(16)9-17-15/h4-9,19H,3,10H2,1-2H3. The van der Waals surface area contributed by atoms with Gasteiger partial charge in [0.05, 0.1) is 6.61 Å². The molecule has 0 atom stereocenters. The third-order valence-electron chi connectivity index (χ3n) is 2.97. The molecule has 19 heavy (non-hydrogen) atoms. The zero-order valence-electron chi connectivity index (χ0n) is 11.1. The average Bonchev–Trinajstić information content (AvgIpc) is 2.41. The summed E-state index contributed by atoms with van der Waals surface area (Å²) in [6, 6.07) is 10.2. The van der Waals surface area contributed by atoms with E-state index in [0.717, 1.165) is 28.1 Å². The van der Waals surface area contributed by atoms with Crippen molar-refractivity contribution in [3.8, 4) is 0 Å². The first kappa shape index (κ1) is 14.0. The highest BCUT2D eigenvalue weighted by Gasteiger charge is 2.13. The summed E-state index contributed by atoms with van der Waals surface area (Å²) in [6.45, 7) is 4.92. The van der Waals surface area contributed by atoms with E-state index in [2.05, 4.69) is 57.9 Å². The Balaban J connectivity index is 2.48. The van der Waals surface area contributed by atoms with Crippen LogP contribution < -0.4 is 4.90 Å². The molecule has 0 unspecified atom stereocenters.